The van der Waals surface area contributed by atoms with Crippen LogP contribution in [0.15, 0.2) is 24.3 Å². The van der Waals surface area contributed by atoms with E-state index in [2.05, 4.69) is 5.32 Å². The van der Waals surface area contributed by atoms with Crippen LogP contribution in [0.4, 0.5) is 0 Å². The smallest absolute Gasteiger partial charge is 0.258 e. The zero-order chi connectivity index (χ0) is 16.8. The van der Waals surface area contributed by atoms with Gasteiger partial charge in [0.1, 0.15) is 18.0 Å². The van der Waals surface area contributed by atoms with Gasteiger partial charge >= 0.3 is 0 Å². The van der Waals surface area contributed by atoms with Crippen LogP contribution in [-0.2, 0) is 9.53 Å². The number of hydrogen-bond acceptors (Lipinski definition) is 6. The van der Waals surface area contributed by atoms with Gasteiger partial charge in [0, 0.05) is 6.61 Å². The third-order valence-electron chi connectivity index (χ3n) is 3.59. The number of nitrogens with two attached hydrogens (primary N) is 1. The number of aliphatic hydroxyl groups excluding tert-OH is 2. The summed E-state index contributed by atoms with van der Waals surface area (Å²) in [6.45, 7) is -0.313. The molecule has 0 aromatic heterocycles. The van der Waals surface area contributed by atoms with Gasteiger partial charge in [0.25, 0.3) is 11.8 Å². The van der Waals surface area contributed by atoms with Gasteiger partial charge in [-0.2, -0.15) is 0 Å². The zero-order valence-electron chi connectivity index (χ0n) is 12.5. The number of ether oxygens (including phenoxy) is 2. The molecule has 0 saturated carbocycles. The second-order valence-corrected chi connectivity index (χ2v) is 5.19. The Bertz CT molecular complexity index is 565. The van der Waals surface area contributed by atoms with Crippen LogP contribution in [0.2, 0.25) is 0 Å². The number of rotatable bonds is 6. The topological polar surface area (TPSA) is 131 Å². The lowest BCUT2D eigenvalue weighted by Crippen LogP contribution is -2.54. The van der Waals surface area contributed by atoms with Crippen LogP contribution < -0.4 is 15.8 Å². The van der Waals surface area contributed by atoms with E-state index in [1.54, 1.807) is 18.2 Å². The maximum absolute atomic E-state index is 11.9. The molecule has 1 fully saturated rings. The normalized spacial score (nSPS) is 24.0. The van der Waals surface area contributed by atoms with E-state index < -0.39 is 30.1 Å². The fourth-order valence-electron chi connectivity index (χ4n) is 2.38. The second-order valence-electron chi connectivity index (χ2n) is 5.19. The fraction of sp³-hybridized carbons (Fsp3) is 0.467. The Morgan fingerprint density at radius 3 is 2.83 bits per heavy atom. The molecule has 1 aromatic rings. The molecule has 0 unspecified atom stereocenters. The molecule has 3 atom stereocenters. The first-order valence-electron chi connectivity index (χ1n) is 7.24. The van der Waals surface area contributed by atoms with Gasteiger partial charge in [0.2, 0.25) is 0 Å². The number of para-hydroxylation sites is 1. The second kappa shape index (κ2) is 7.91. The molecule has 1 aliphatic heterocycles. The van der Waals surface area contributed by atoms with Crippen LogP contribution in [0.25, 0.3) is 0 Å². The first-order chi connectivity index (χ1) is 11.0. The molecule has 0 spiro atoms. The van der Waals surface area contributed by atoms with Crippen LogP contribution in [0, 0.1) is 0 Å². The van der Waals surface area contributed by atoms with Crippen molar-refractivity contribution in [1.29, 1.82) is 0 Å². The molecule has 0 bridgehead atoms. The monoisotopic (exact) mass is 324 g/mol. The highest BCUT2D eigenvalue weighted by atomic mass is 16.5. The minimum absolute atomic E-state index is 0.187. The fourth-order valence-corrected chi connectivity index (χ4v) is 2.38. The molecule has 1 aliphatic rings. The van der Waals surface area contributed by atoms with Crippen LogP contribution in [-0.4, -0.2) is 60.1 Å². The molecule has 8 nitrogen and oxygen atoms in total. The van der Waals surface area contributed by atoms with Gasteiger partial charge in [-0.3, -0.25) is 9.59 Å². The molecular formula is C15H20N2O6. The zero-order valence-corrected chi connectivity index (χ0v) is 12.5. The lowest BCUT2D eigenvalue weighted by atomic mass is 10.00. The van der Waals surface area contributed by atoms with Crippen LogP contribution in [0.3, 0.4) is 0 Å². The van der Waals surface area contributed by atoms with Gasteiger partial charge in [-0.25, -0.2) is 0 Å². The molecule has 2 rings (SSSR count). The highest BCUT2D eigenvalue weighted by Gasteiger charge is 2.33. The van der Waals surface area contributed by atoms with E-state index >= 15 is 0 Å². The van der Waals surface area contributed by atoms with Crippen LogP contribution >= 0.6 is 0 Å². The molecule has 126 valence electrons. The number of primary amides is 1. The van der Waals surface area contributed by atoms with Crippen molar-refractivity contribution in [1.82, 2.24) is 5.32 Å². The summed E-state index contributed by atoms with van der Waals surface area (Å²) in [7, 11) is 0. The molecule has 8 heteroatoms. The quantitative estimate of drug-likeness (QED) is 0.519. The largest absolute Gasteiger partial charge is 0.483 e. The number of aliphatic hydroxyl groups is 2. The van der Waals surface area contributed by atoms with Gasteiger partial charge in [-0.15, -0.1) is 0 Å². The lowest BCUT2D eigenvalue weighted by molar-refractivity contribution is -0.133. The van der Waals surface area contributed by atoms with Gasteiger partial charge in [-0.05, 0) is 18.6 Å². The standard InChI is InChI=1S/C15H20N2O6/c16-15(21)9-3-1-2-4-11(9)23-8-13(19)17-10-5-6-22-12(7-18)14(10)20/h1-4,10,12,14,18,20H,5-8H2,(H2,16,21)(H,17,19)/t10-,12+,14-/m0/s1. The number of carbonyl (C=O) groups is 2. The van der Waals surface area contributed by atoms with Gasteiger partial charge < -0.3 is 30.7 Å². The Kier molecular flexibility index (Phi) is 5.91. The summed E-state index contributed by atoms with van der Waals surface area (Å²) >= 11 is 0. The van der Waals surface area contributed by atoms with Crippen molar-refractivity contribution < 1.29 is 29.3 Å². The average molecular weight is 324 g/mol. The van der Waals surface area contributed by atoms with E-state index in [9.17, 15) is 14.7 Å². The van der Waals surface area contributed by atoms with E-state index in [4.69, 9.17) is 20.3 Å². The molecule has 5 N–H and O–H groups in total. The predicted octanol–water partition coefficient (Wildman–Crippen LogP) is -1.21. The molecule has 1 aromatic carbocycles. The van der Waals surface area contributed by atoms with Crippen molar-refractivity contribution in [3.8, 4) is 5.75 Å². The summed E-state index contributed by atoms with van der Waals surface area (Å²) in [4.78, 5) is 23.2. The van der Waals surface area contributed by atoms with E-state index in [0.717, 1.165) is 0 Å². The van der Waals surface area contributed by atoms with Crippen molar-refractivity contribution in [2.24, 2.45) is 5.73 Å². The summed E-state index contributed by atoms with van der Waals surface area (Å²) in [6, 6.07) is 5.82. The van der Waals surface area contributed by atoms with Crippen molar-refractivity contribution in [2.75, 3.05) is 19.8 Å². The SMILES string of the molecule is NC(=O)c1ccccc1OCC(=O)N[C@H]1CCO[C@H](CO)[C@H]1O. The van der Waals surface area contributed by atoms with E-state index in [1.165, 1.54) is 6.07 Å². The summed E-state index contributed by atoms with van der Waals surface area (Å²) in [6.07, 6.45) is -1.28. The highest BCUT2D eigenvalue weighted by Crippen LogP contribution is 2.17. The van der Waals surface area contributed by atoms with E-state index in [-0.39, 0.29) is 24.5 Å². The van der Waals surface area contributed by atoms with Gasteiger partial charge in [0.05, 0.1) is 18.2 Å². The molecule has 23 heavy (non-hydrogen) atoms. The summed E-state index contributed by atoms with van der Waals surface area (Å²) in [5, 5.41) is 21.7. The molecule has 2 amide bonds. The van der Waals surface area contributed by atoms with E-state index in [1.807, 2.05) is 0 Å². The number of carbonyl (C=O) groups excluding carboxylic acids is 2. The van der Waals surface area contributed by atoms with Crippen LogP contribution in [0.5, 0.6) is 5.75 Å². The maximum atomic E-state index is 11.9. The molecular weight excluding hydrogens is 304 g/mol. The molecule has 1 saturated heterocycles. The van der Waals surface area contributed by atoms with Crippen LogP contribution in [0.1, 0.15) is 16.8 Å². The Morgan fingerprint density at radius 1 is 1.39 bits per heavy atom. The highest BCUT2D eigenvalue weighted by molar-refractivity contribution is 5.95. The average Bonchev–Trinajstić information content (AvgIpc) is 2.55. The van der Waals surface area contributed by atoms with Crippen molar-refractivity contribution in [2.45, 2.75) is 24.7 Å². The summed E-state index contributed by atoms with van der Waals surface area (Å²) < 4.78 is 10.5. The Morgan fingerprint density at radius 2 is 2.13 bits per heavy atom. The van der Waals surface area contributed by atoms with E-state index in [0.29, 0.717) is 13.0 Å². The molecule has 0 aliphatic carbocycles. The van der Waals surface area contributed by atoms with Crippen molar-refractivity contribution in [3.05, 3.63) is 29.8 Å². The summed E-state index contributed by atoms with van der Waals surface area (Å²) in [5.41, 5.74) is 5.42. The first-order valence-corrected chi connectivity index (χ1v) is 7.24. The third-order valence-corrected chi connectivity index (χ3v) is 3.59. The maximum Gasteiger partial charge on any atom is 0.258 e. The molecule has 1 heterocycles. The number of amides is 2. The summed E-state index contributed by atoms with van der Waals surface area (Å²) in [5.74, 6) is -0.880. The minimum atomic E-state index is -0.990. The Hall–Kier alpha value is -2.16. The molecule has 0 radical (unpaired) electrons. The van der Waals surface area contributed by atoms with Crippen molar-refractivity contribution >= 4 is 11.8 Å². The Labute approximate surface area is 133 Å². The minimum Gasteiger partial charge on any atom is -0.483 e. The number of benzene rings is 1. The van der Waals surface area contributed by atoms with Gasteiger partial charge in [-0.1, -0.05) is 12.1 Å². The van der Waals surface area contributed by atoms with Crippen molar-refractivity contribution in [3.63, 3.8) is 0 Å². The third kappa shape index (κ3) is 4.41. The van der Waals surface area contributed by atoms with Gasteiger partial charge in [0.15, 0.2) is 6.61 Å². The lowest BCUT2D eigenvalue weighted by Gasteiger charge is -2.34. The Balaban J connectivity index is 1.89. The predicted molar refractivity (Wildman–Crippen MR) is 79.8 cm³/mol. The first kappa shape index (κ1) is 17.2. The number of hydrogen-bond donors (Lipinski definition) is 4. The number of nitrogens with one attached hydrogen (secondary N) is 1.